The molecule has 0 fully saturated rings. The van der Waals surface area contributed by atoms with Crippen molar-refractivity contribution < 1.29 is 14.3 Å². The summed E-state index contributed by atoms with van der Waals surface area (Å²) in [6, 6.07) is 14.4. The maximum Gasteiger partial charge on any atom is 0.339 e. The number of nitrogens with one attached hydrogen (secondary N) is 2. The Morgan fingerprint density at radius 3 is 2.52 bits per heavy atom. The second-order valence-corrected chi connectivity index (χ2v) is 6.69. The molecule has 0 aliphatic carbocycles. The number of aryl methyl sites for hydroxylation is 1. The second-order valence-electron chi connectivity index (χ2n) is 5.84. The van der Waals surface area contributed by atoms with Crippen molar-refractivity contribution in [1.82, 2.24) is 4.98 Å². The van der Waals surface area contributed by atoms with Gasteiger partial charge in [-0.25, -0.2) is 9.78 Å². The molecular formula is C20H19N3O3S. The van der Waals surface area contributed by atoms with Gasteiger partial charge in [0.15, 0.2) is 5.13 Å². The number of amides is 1. The number of thiazole rings is 1. The molecule has 0 saturated heterocycles. The number of methoxy groups -OCH3 is 1. The molecule has 7 heteroatoms. The molecule has 3 aromatic rings. The molecule has 138 valence electrons. The van der Waals surface area contributed by atoms with Crippen molar-refractivity contribution in [2.24, 2.45) is 0 Å². The lowest BCUT2D eigenvalue weighted by Crippen LogP contribution is -2.12. The monoisotopic (exact) mass is 381 g/mol. The van der Waals surface area contributed by atoms with Gasteiger partial charge in [0.05, 0.1) is 18.4 Å². The molecule has 0 bridgehead atoms. The average Bonchev–Trinajstić information content (AvgIpc) is 3.11. The van der Waals surface area contributed by atoms with E-state index in [0.717, 1.165) is 11.3 Å². The summed E-state index contributed by atoms with van der Waals surface area (Å²) in [6.07, 6.45) is 0. The van der Waals surface area contributed by atoms with Crippen LogP contribution in [-0.4, -0.2) is 24.0 Å². The van der Waals surface area contributed by atoms with Crippen LogP contribution < -0.4 is 10.6 Å². The van der Waals surface area contributed by atoms with Crippen LogP contribution in [0, 0.1) is 6.92 Å². The number of para-hydroxylation sites is 1. The number of esters is 1. The largest absolute Gasteiger partial charge is 0.465 e. The van der Waals surface area contributed by atoms with E-state index in [4.69, 9.17) is 4.74 Å². The third kappa shape index (κ3) is 4.71. The Bertz CT molecular complexity index is 951. The van der Waals surface area contributed by atoms with Crippen molar-refractivity contribution in [3.63, 3.8) is 0 Å². The van der Waals surface area contributed by atoms with Gasteiger partial charge in [-0.2, -0.15) is 0 Å². The molecule has 6 nitrogen and oxygen atoms in total. The lowest BCUT2D eigenvalue weighted by molar-refractivity contribution is 0.0601. The topological polar surface area (TPSA) is 80.3 Å². The van der Waals surface area contributed by atoms with E-state index >= 15 is 0 Å². The number of hydrogen-bond acceptors (Lipinski definition) is 6. The first kappa shape index (κ1) is 18.6. The first-order valence-electron chi connectivity index (χ1n) is 8.30. The van der Waals surface area contributed by atoms with Gasteiger partial charge in [0.2, 0.25) is 0 Å². The number of nitrogens with zero attached hydrogens (tertiary/aromatic N) is 1. The van der Waals surface area contributed by atoms with E-state index in [-0.39, 0.29) is 11.9 Å². The molecule has 1 amide bonds. The highest BCUT2D eigenvalue weighted by Crippen LogP contribution is 2.18. The normalized spacial score (nSPS) is 10.3. The third-order valence-corrected chi connectivity index (χ3v) is 4.75. The maximum atomic E-state index is 12.3. The van der Waals surface area contributed by atoms with Crippen LogP contribution in [0.3, 0.4) is 0 Å². The lowest BCUT2D eigenvalue weighted by atomic mass is 10.1. The Labute approximate surface area is 161 Å². The van der Waals surface area contributed by atoms with Gasteiger partial charge >= 0.3 is 5.97 Å². The number of hydrogen-bond donors (Lipinski definition) is 2. The van der Waals surface area contributed by atoms with Crippen molar-refractivity contribution in [2.75, 3.05) is 17.7 Å². The molecule has 2 N–H and O–H groups in total. The third-order valence-electron chi connectivity index (χ3n) is 3.87. The summed E-state index contributed by atoms with van der Waals surface area (Å²) >= 11 is 1.40. The van der Waals surface area contributed by atoms with Gasteiger partial charge in [0.25, 0.3) is 5.91 Å². The molecule has 1 aromatic heterocycles. The van der Waals surface area contributed by atoms with Crippen molar-refractivity contribution in [3.05, 3.63) is 76.3 Å². The van der Waals surface area contributed by atoms with Gasteiger partial charge in [-0.15, -0.1) is 11.3 Å². The predicted molar refractivity (Wildman–Crippen MR) is 106 cm³/mol. The molecule has 0 atom stereocenters. The first-order valence-corrected chi connectivity index (χ1v) is 9.18. The molecule has 0 saturated carbocycles. The number of anilines is 2. The van der Waals surface area contributed by atoms with Crippen LogP contribution in [-0.2, 0) is 11.3 Å². The van der Waals surface area contributed by atoms with Crippen LogP contribution >= 0.6 is 11.3 Å². The molecule has 0 aliphatic rings. The Hall–Kier alpha value is -3.19. The molecule has 0 radical (unpaired) electrons. The van der Waals surface area contributed by atoms with Gasteiger partial charge in [0.1, 0.15) is 0 Å². The Kier molecular flexibility index (Phi) is 5.83. The number of ether oxygens (including phenoxy) is 1. The summed E-state index contributed by atoms with van der Waals surface area (Å²) in [5.41, 5.74) is 3.60. The molecule has 2 aromatic carbocycles. The van der Waals surface area contributed by atoms with E-state index in [1.54, 1.807) is 24.3 Å². The SMILES string of the molecule is COC(=O)c1ccccc1NCc1ccc(C(=O)Nc2nc(C)cs2)cc1. The fourth-order valence-electron chi connectivity index (χ4n) is 2.48. The number of carbonyl (C=O) groups excluding carboxylic acids is 2. The highest BCUT2D eigenvalue weighted by Gasteiger charge is 2.11. The molecular weight excluding hydrogens is 362 g/mol. The van der Waals surface area contributed by atoms with E-state index < -0.39 is 0 Å². The van der Waals surface area contributed by atoms with Crippen molar-refractivity contribution in [3.8, 4) is 0 Å². The fraction of sp³-hybridized carbons (Fsp3) is 0.150. The van der Waals surface area contributed by atoms with Gasteiger partial charge in [0, 0.05) is 23.2 Å². The Balaban J connectivity index is 1.63. The molecule has 0 unspecified atom stereocenters. The molecule has 27 heavy (non-hydrogen) atoms. The summed E-state index contributed by atoms with van der Waals surface area (Å²) in [7, 11) is 1.36. The van der Waals surface area contributed by atoms with Crippen LogP contribution in [0.5, 0.6) is 0 Å². The minimum atomic E-state index is -0.387. The number of aromatic nitrogens is 1. The van der Waals surface area contributed by atoms with Crippen LogP contribution in [0.15, 0.2) is 53.9 Å². The molecule has 0 aliphatic heterocycles. The highest BCUT2D eigenvalue weighted by atomic mass is 32.1. The van der Waals surface area contributed by atoms with E-state index in [1.807, 2.05) is 36.6 Å². The van der Waals surface area contributed by atoms with E-state index in [1.165, 1.54) is 18.4 Å². The van der Waals surface area contributed by atoms with Crippen LogP contribution in [0.4, 0.5) is 10.8 Å². The molecule has 1 heterocycles. The van der Waals surface area contributed by atoms with Gasteiger partial charge in [-0.3, -0.25) is 10.1 Å². The van der Waals surface area contributed by atoms with Crippen LogP contribution in [0.1, 0.15) is 32.0 Å². The smallest absolute Gasteiger partial charge is 0.339 e. The summed E-state index contributed by atoms with van der Waals surface area (Å²) in [6.45, 7) is 2.40. The van der Waals surface area contributed by atoms with Gasteiger partial charge in [-0.1, -0.05) is 24.3 Å². The zero-order valence-electron chi connectivity index (χ0n) is 15.0. The lowest BCUT2D eigenvalue weighted by Gasteiger charge is -2.11. The van der Waals surface area contributed by atoms with E-state index in [0.29, 0.717) is 28.5 Å². The zero-order valence-corrected chi connectivity index (χ0v) is 15.8. The van der Waals surface area contributed by atoms with Crippen LogP contribution in [0.2, 0.25) is 0 Å². The van der Waals surface area contributed by atoms with Gasteiger partial charge in [-0.05, 0) is 36.8 Å². The summed E-state index contributed by atoms with van der Waals surface area (Å²) in [5, 5.41) is 8.48. The number of benzene rings is 2. The highest BCUT2D eigenvalue weighted by molar-refractivity contribution is 7.13. The standard InChI is InChI=1S/C20H19N3O3S/c1-13-12-27-20(22-13)23-18(24)15-9-7-14(8-10-15)11-21-17-6-4-3-5-16(17)19(25)26-2/h3-10,12,21H,11H2,1-2H3,(H,22,23,24). The van der Waals surface area contributed by atoms with Crippen molar-refractivity contribution in [1.29, 1.82) is 0 Å². The number of carbonyl (C=O) groups is 2. The second kappa shape index (κ2) is 8.46. The predicted octanol–water partition coefficient (Wildman–Crippen LogP) is 4.10. The minimum absolute atomic E-state index is 0.195. The maximum absolute atomic E-state index is 12.3. The van der Waals surface area contributed by atoms with E-state index in [2.05, 4.69) is 15.6 Å². The van der Waals surface area contributed by atoms with Crippen molar-refractivity contribution in [2.45, 2.75) is 13.5 Å². The fourth-order valence-corrected chi connectivity index (χ4v) is 3.16. The Morgan fingerprint density at radius 1 is 1.11 bits per heavy atom. The van der Waals surface area contributed by atoms with Gasteiger partial charge < -0.3 is 10.1 Å². The first-order chi connectivity index (χ1) is 13.1. The average molecular weight is 381 g/mol. The minimum Gasteiger partial charge on any atom is -0.465 e. The summed E-state index contributed by atoms with van der Waals surface area (Å²) < 4.78 is 4.79. The number of rotatable bonds is 6. The zero-order chi connectivity index (χ0) is 19.2. The quantitative estimate of drug-likeness (QED) is 0.628. The van der Waals surface area contributed by atoms with E-state index in [9.17, 15) is 9.59 Å². The summed E-state index contributed by atoms with van der Waals surface area (Å²) in [4.78, 5) is 28.3. The van der Waals surface area contributed by atoms with Crippen LogP contribution in [0.25, 0.3) is 0 Å². The summed E-state index contributed by atoms with van der Waals surface area (Å²) in [5.74, 6) is -0.581. The Morgan fingerprint density at radius 2 is 1.85 bits per heavy atom. The van der Waals surface area contributed by atoms with Crippen molar-refractivity contribution >= 4 is 34.0 Å². The molecule has 0 spiro atoms. The molecule has 3 rings (SSSR count).